The van der Waals surface area contributed by atoms with E-state index in [0.29, 0.717) is 18.8 Å². The Kier molecular flexibility index (Phi) is 5.56. The first-order valence-corrected chi connectivity index (χ1v) is 8.61. The molecule has 1 heterocycles. The van der Waals surface area contributed by atoms with Crippen LogP contribution in [0.4, 0.5) is 0 Å². The van der Waals surface area contributed by atoms with E-state index in [-0.39, 0.29) is 17.7 Å². The van der Waals surface area contributed by atoms with Crippen LogP contribution in [0, 0.1) is 0 Å². The van der Waals surface area contributed by atoms with Crippen LogP contribution in [-0.2, 0) is 6.54 Å². The first-order chi connectivity index (χ1) is 12.2. The number of ether oxygens (including phenoxy) is 1. The lowest BCUT2D eigenvalue weighted by Crippen LogP contribution is -2.47. The number of phenols is 1. The van der Waals surface area contributed by atoms with Gasteiger partial charge in [0.25, 0.3) is 5.91 Å². The third-order valence-electron chi connectivity index (χ3n) is 4.61. The van der Waals surface area contributed by atoms with E-state index in [4.69, 9.17) is 4.74 Å². The number of aromatic hydroxyl groups is 1. The number of benzene rings is 2. The van der Waals surface area contributed by atoms with Crippen molar-refractivity contribution < 1.29 is 14.6 Å². The summed E-state index contributed by atoms with van der Waals surface area (Å²) in [5.74, 6) is 0.727. The lowest BCUT2D eigenvalue weighted by Gasteiger charge is -2.33. The molecule has 25 heavy (non-hydrogen) atoms. The fraction of sp³-hybridized carbons (Fsp3) is 0.350. The van der Waals surface area contributed by atoms with Crippen LogP contribution >= 0.6 is 0 Å². The molecule has 2 aromatic rings. The van der Waals surface area contributed by atoms with Crippen molar-refractivity contribution in [2.45, 2.75) is 25.4 Å². The number of methoxy groups -OCH3 is 1. The molecule has 132 valence electrons. The number of hydrogen-bond acceptors (Lipinski definition) is 4. The first-order valence-electron chi connectivity index (χ1n) is 8.61. The Hall–Kier alpha value is -2.53. The van der Waals surface area contributed by atoms with E-state index < -0.39 is 0 Å². The molecule has 0 bridgehead atoms. The van der Waals surface area contributed by atoms with Gasteiger partial charge in [0.2, 0.25) is 0 Å². The molecule has 1 saturated heterocycles. The molecule has 1 fully saturated rings. The highest BCUT2D eigenvalue weighted by Crippen LogP contribution is 2.29. The number of piperidine rings is 1. The monoisotopic (exact) mass is 340 g/mol. The molecule has 1 amide bonds. The number of para-hydroxylation sites is 1. The number of likely N-dealkylation sites (tertiary alicyclic amines) is 1. The summed E-state index contributed by atoms with van der Waals surface area (Å²) >= 11 is 0. The Morgan fingerprint density at radius 2 is 2.04 bits per heavy atom. The van der Waals surface area contributed by atoms with Gasteiger partial charge in [-0.15, -0.1) is 0 Å². The molecule has 3 rings (SSSR count). The van der Waals surface area contributed by atoms with Crippen molar-refractivity contribution in [3.05, 3.63) is 59.7 Å². The number of amides is 1. The standard InChI is InChI=1S/C20H24N2O3/c1-25-18-11-5-9-16(19(18)23)13-21-17-10-6-12-22(14-17)20(24)15-7-3-2-4-8-15/h2-5,7-9,11,17,21,23H,6,10,12-14H2,1H3/t17-/m1/s1. The van der Waals surface area contributed by atoms with Gasteiger partial charge in [-0.2, -0.15) is 0 Å². The number of hydrogen-bond donors (Lipinski definition) is 2. The predicted molar refractivity (Wildman–Crippen MR) is 96.9 cm³/mol. The van der Waals surface area contributed by atoms with E-state index in [1.807, 2.05) is 47.4 Å². The van der Waals surface area contributed by atoms with Gasteiger partial charge in [-0.25, -0.2) is 0 Å². The molecule has 2 aromatic carbocycles. The number of rotatable bonds is 5. The Morgan fingerprint density at radius 1 is 1.24 bits per heavy atom. The maximum atomic E-state index is 12.6. The van der Waals surface area contributed by atoms with Gasteiger partial charge in [-0.05, 0) is 31.0 Å². The minimum atomic E-state index is 0.0799. The molecule has 5 heteroatoms. The fourth-order valence-electron chi connectivity index (χ4n) is 3.22. The SMILES string of the molecule is COc1cccc(CN[C@@H]2CCCN(C(=O)c3ccccc3)C2)c1O. The number of carbonyl (C=O) groups is 1. The van der Waals surface area contributed by atoms with Crippen LogP contribution in [-0.4, -0.2) is 42.2 Å². The van der Waals surface area contributed by atoms with Gasteiger partial charge >= 0.3 is 0 Å². The van der Waals surface area contributed by atoms with Crippen LogP contribution in [0.2, 0.25) is 0 Å². The predicted octanol–water partition coefficient (Wildman–Crippen LogP) is 2.80. The third-order valence-corrected chi connectivity index (χ3v) is 4.61. The minimum absolute atomic E-state index is 0.0799. The molecule has 0 unspecified atom stereocenters. The van der Waals surface area contributed by atoms with Crippen molar-refractivity contribution in [1.29, 1.82) is 0 Å². The lowest BCUT2D eigenvalue weighted by atomic mass is 10.0. The zero-order valence-electron chi connectivity index (χ0n) is 14.4. The highest BCUT2D eigenvalue weighted by Gasteiger charge is 2.24. The van der Waals surface area contributed by atoms with E-state index in [9.17, 15) is 9.90 Å². The minimum Gasteiger partial charge on any atom is -0.504 e. The van der Waals surface area contributed by atoms with Gasteiger partial charge in [0.15, 0.2) is 11.5 Å². The van der Waals surface area contributed by atoms with Gasteiger partial charge in [-0.3, -0.25) is 4.79 Å². The topological polar surface area (TPSA) is 61.8 Å². The van der Waals surface area contributed by atoms with Crippen molar-refractivity contribution in [3.8, 4) is 11.5 Å². The largest absolute Gasteiger partial charge is 0.504 e. The number of nitrogens with one attached hydrogen (secondary N) is 1. The van der Waals surface area contributed by atoms with Crippen LogP contribution in [0.1, 0.15) is 28.8 Å². The summed E-state index contributed by atoms with van der Waals surface area (Å²) in [4.78, 5) is 14.5. The molecule has 0 aromatic heterocycles. The summed E-state index contributed by atoms with van der Waals surface area (Å²) in [6, 6.07) is 15.1. The van der Waals surface area contributed by atoms with E-state index in [2.05, 4.69) is 5.32 Å². The second kappa shape index (κ2) is 8.03. The molecule has 1 aliphatic heterocycles. The molecule has 0 aliphatic carbocycles. The highest BCUT2D eigenvalue weighted by atomic mass is 16.5. The Morgan fingerprint density at radius 3 is 2.80 bits per heavy atom. The molecular formula is C20H24N2O3. The average Bonchev–Trinajstić information content (AvgIpc) is 2.67. The summed E-state index contributed by atoms with van der Waals surface area (Å²) < 4.78 is 5.14. The molecule has 1 atom stereocenters. The van der Waals surface area contributed by atoms with Crippen LogP contribution in [0.15, 0.2) is 48.5 Å². The first kappa shape index (κ1) is 17.3. The van der Waals surface area contributed by atoms with Crippen molar-refractivity contribution in [3.63, 3.8) is 0 Å². The number of carbonyl (C=O) groups excluding carboxylic acids is 1. The van der Waals surface area contributed by atoms with E-state index >= 15 is 0 Å². The zero-order valence-corrected chi connectivity index (χ0v) is 14.4. The average molecular weight is 340 g/mol. The van der Waals surface area contributed by atoms with E-state index in [0.717, 1.165) is 30.5 Å². The molecule has 1 aliphatic rings. The summed E-state index contributed by atoms with van der Waals surface area (Å²) in [7, 11) is 1.54. The van der Waals surface area contributed by atoms with Crippen molar-refractivity contribution in [2.75, 3.05) is 20.2 Å². The van der Waals surface area contributed by atoms with Crippen LogP contribution < -0.4 is 10.1 Å². The van der Waals surface area contributed by atoms with Crippen molar-refractivity contribution >= 4 is 5.91 Å². The lowest BCUT2D eigenvalue weighted by molar-refractivity contribution is 0.0694. The number of nitrogens with zero attached hydrogens (tertiary/aromatic N) is 1. The molecule has 2 N–H and O–H groups in total. The summed E-state index contributed by atoms with van der Waals surface area (Å²) in [6.45, 7) is 2.01. The fourth-order valence-corrected chi connectivity index (χ4v) is 3.22. The smallest absolute Gasteiger partial charge is 0.253 e. The van der Waals surface area contributed by atoms with E-state index in [1.54, 1.807) is 13.2 Å². The van der Waals surface area contributed by atoms with Gasteiger partial charge in [0, 0.05) is 36.8 Å². The number of phenolic OH excluding ortho intramolecular Hbond substituents is 1. The van der Waals surface area contributed by atoms with Crippen molar-refractivity contribution in [1.82, 2.24) is 10.2 Å². The van der Waals surface area contributed by atoms with Crippen molar-refractivity contribution in [2.24, 2.45) is 0 Å². The summed E-state index contributed by atoms with van der Waals surface area (Å²) in [6.07, 6.45) is 1.99. The maximum Gasteiger partial charge on any atom is 0.253 e. The van der Waals surface area contributed by atoms with Gasteiger partial charge in [0.05, 0.1) is 7.11 Å². The molecule has 0 spiro atoms. The normalized spacial score (nSPS) is 17.3. The molecule has 5 nitrogen and oxygen atoms in total. The van der Waals surface area contributed by atoms with Crippen LogP contribution in [0.5, 0.6) is 11.5 Å². The molecule has 0 saturated carbocycles. The zero-order chi connectivity index (χ0) is 17.6. The second-order valence-corrected chi connectivity index (χ2v) is 6.31. The molecule has 0 radical (unpaired) electrons. The maximum absolute atomic E-state index is 12.6. The summed E-state index contributed by atoms with van der Waals surface area (Å²) in [5.41, 5.74) is 1.53. The molecular weight excluding hydrogens is 316 g/mol. The second-order valence-electron chi connectivity index (χ2n) is 6.31. The Balaban J connectivity index is 1.60. The van der Waals surface area contributed by atoms with Gasteiger partial charge in [0.1, 0.15) is 0 Å². The quantitative estimate of drug-likeness (QED) is 0.879. The third kappa shape index (κ3) is 4.12. The Labute approximate surface area is 148 Å². The van der Waals surface area contributed by atoms with Crippen LogP contribution in [0.25, 0.3) is 0 Å². The van der Waals surface area contributed by atoms with Gasteiger partial charge < -0.3 is 20.1 Å². The Bertz CT molecular complexity index is 718. The van der Waals surface area contributed by atoms with Gasteiger partial charge in [-0.1, -0.05) is 30.3 Å². The van der Waals surface area contributed by atoms with E-state index in [1.165, 1.54) is 0 Å². The summed E-state index contributed by atoms with van der Waals surface area (Å²) in [5, 5.41) is 13.6. The highest BCUT2D eigenvalue weighted by molar-refractivity contribution is 5.94. The van der Waals surface area contributed by atoms with Crippen LogP contribution in [0.3, 0.4) is 0 Å².